The third-order valence-electron chi connectivity index (χ3n) is 5.58. The summed E-state index contributed by atoms with van der Waals surface area (Å²) in [4.78, 5) is 14.1. The molecule has 0 aromatic heterocycles. The molecule has 0 N–H and O–H groups in total. The maximum absolute atomic E-state index is 12.2. The first kappa shape index (κ1) is 17.1. The van der Waals surface area contributed by atoms with Gasteiger partial charge in [0.2, 0.25) is 0 Å². The minimum Gasteiger partial charge on any atom is -0.497 e. The molecule has 1 amide bonds. The fourth-order valence-electron chi connectivity index (χ4n) is 4.59. The van der Waals surface area contributed by atoms with Crippen molar-refractivity contribution < 1.29 is 19.0 Å². The molecule has 5 heteroatoms. The fourth-order valence-corrected chi connectivity index (χ4v) is 4.59. The molecule has 1 aliphatic carbocycles. The molecular formula is C19H27NO4. The monoisotopic (exact) mass is 333 g/mol. The summed E-state index contributed by atoms with van der Waals surface area (Å²) in [7, 11) is 3.48. The van der Waals surface area contributed by atoms with E-state index in [0.29, 0.717) is 19.7 Å². The van der Waals surface area contributed by atoms with Crippen LogP contribution in [-0.2, 0) is 15.1 Å². The summed E-state index contributed by atoms with van der Waals surface area (Å²) < 4.78 is 16.8. The number of piperidine rings is 1. The summed E-state index contributed by atoms with van der Waals surface area (Å²) in [5.74, 6) is 1.38. The molecule has 1 aliphatic heterocycles. The maximum atomic E-state index is 12.2. The number of hydrogen-bond donors (Lipinski definition) is 0. The van der Waals surface area contributed by atoms with E-state index < -0.39 is 0 Å². The molecule has 1 saturated carbocycles. The number of benzene rings is 1. The smallest absolute Gasteiger partial charge is 0.409 e. The van der Waals surface area contributed by atoms with Crippen molar-refractivity contribution in [2.24, 2.45) is 11.8 Å². The molecule has 2 fully saturated rings. The highest BCUT2D eigenvalue weighted by Gasteiger charge is 2.54. The second-order valence-electron chi connectivity index (χ2n) is 6.66. The van der Waals surface area contributed by atoms with Gasteiger partial charge in [-0.05, 0) is 37.5 Å². The van der Waals surface area contributed by atoms with Crippen LogP contribution < -0.4 is 4.74 Å². The normalized spacial score (nSPS) is 29.2. The van der Waals surface area contributed by atoms with Gasteiger partial charge in [-0.1, -0.05) is 18.6 Å². The molecule has 132 valence electrons. The standard InChI is InChI=1S/C19H27NO4/c1-4-24-18(21)20-12-15-8-5-9-16(13-20)19(15,23-3)14-7-6-10-17(11-14)22-2/h6-7,10-11,15-16H,4-5,8-9,12-13H2,1-3H3. The molecule has 2 atom stereocenters. The molecule has 0 spiro atoms. The van der Waals surface area contributed by atoms with Gasteiger partial charge in [0.1, 0.15) is 11.4 Å². The number of ether oxygens (including phenoxy) is 3. The molecule has 1 saturated heterocycles. The maximum Gasteiger partial charge on any atom is 0.409 e. The molecule has 5 nitrogen and oxygen atoms in total. The highest BCUT2D eigenvalue weighted by Crippen LogP contribution is 2.51. The van der Waals surface area contributed by atoms with Crippen LogP contribution in [0.2, 0.25) is 0 Å². The highest BCUT2D eigenvalue weighted by molar-refractivity contribution is 5.68. The lowest BCUT2D eigenvalue weighted by Gasteiger charge is -2.55. The number of methoxy groups -OCH3 is 2. The van der Waals surface area contributed by atoms with Crippen molar-refractivity contribution in [3.05, 3.63) is 29.8 Å². The first-order valence-electron chi connectivity index (χ1n) is 8.77. The van der Waals surface area contributed by atoms with Crippen molar-refractivity contribution >= 4 is 6.09 Å². The van der Waals surface area contributed by atoms with E-state index in [4.69, 9.17) is 14.2 Å². The highest BCUT2D eigenvalue weighted by atomic mass is 16.6. The zero-order chi connectivity index (χ0) is 17.2. The van der Waals surface area contributed by atoms with E-state index in [0.717, 1.165) is 24.2 Å². The Bertz CT molecular complexity index is 574. The summed E-state index contributed by atoms with van der Waals surface area (Å²) in [5.41, 5.74) is 0.804. The Hall–Kier alpha value is -1.75. The quantitative estimate of drug-likeness (QED) is 0.847. The van der Waals surface area contributed by atoms with E-state index in [1.165, 1.54) is 6.42 Å². The van der Waals surface area contributed by atoms with Gasteiger partial charge in [-0.2, -0.15) is 0 Å². The lowest BCUT2D eigenvalue weighted by atomic mass is 9.62. The first-order valence-corrected chi connectivity index (χ1v) is 8.77. The van der Waals surface area contributed by atoms with E-state index in [1.807, 2.05) is 24.0 Å². The van der Waals surface area contributed by atoms with Crippen molar-refractivity contribution in [2.45, 2.75) is 31.8 Å². The number of amides is 1. The van der Waals surface area contributed by atoms with Crippen LogP contribution in [-0.4, -0.2) is 44.9 Å². The van der Waals surface area contributed by atoms with Gasteiger partial charge in [-0.25, -0.2) is 4.79 Å². The van der Waals surface area contributed by atoms with Crippen LogP contribution in [0.4, 0.5) is 4.79 Å². The number of rotatable bonds is 4. The SMILES string of the molecule is CCOC(=O)N1CC2CCCC(C1)C2(OC)c1cccc(OC)c1. The Morgan fingerprint density at radius 1 is 1.25 bits per heavy atom. The number of likely N-dealkylation sites (tertiary alicyclic amines) is 1. The van der Waals surface area contributed by atoms with Gasteiger partial charge in [0, 0.05) is 32.0 Å². The van der Waals surface area contributed by atoms with Crippen LogP contribution >= 0.6 is 0 Å². The van der Waals surface area contributed by atoms with Gasteiger partial charge in [-0.3, -0.25) is 0 Å². The van der Waals surface area contributed by atoms with Crippen molar-refractivity contribution in [3.63, 3.8) is 0 Å². The Morgan fingerprint density at radius 2 is 1.96 bits per heavy atom. The van der Waals surface area contributed by atoms with Gasteiger partial charge < -0.3 is 19.1 Å². The topological polar surface area (TPSA) is 48.0 Å². The second-order valence-corrected chi connectivity index (χ2v) is 6.66. The molecule has 3 rings (SSSR count). The van der Waals surface area contributed by atoms with Crippen molar-refractivity contribution in [1.82, 2.24) is 4.90 Å². The van der Waals surface area contributed by atoms with E-state index >= 15 is 0 Å². The summed E-state index contributed by atoms with van der Waals surface area (Å²) in [6.07, 6.45) is 3.08. The van der Waals surface area contributed by atoms with Crippen LogP contribution in [0.3, 0.4) is 0 Å². The average molecular weight is 333 g/mol. The van der Waals surface area contributed by atoms with Crippen molar-refractivity contribution in [1.29, 1.82) is 0 Å². The number of fused-ring (bicyclic) bond motifs is 2. The predicted octanol–water partition coefficient (Wildman–Crippen LogP) is 3.43. The summed E-state index contributed by atoms with van der Waals surface area (Å²) in [6, 6.07) is 8.17. The molecule has 1 aromatic rings. The minimum absolute atomic E-state index is 0.204. The fraction of sp³-hybridized carbons (Fsp3) is 0.632. The third-order valence-corrected chi connectivity index (χ3v) is 5.58. The van der Waals surface area contributed by atoms with E-state index in [9.17, 15) is 4.79 Å². The Morgan fingerprint density at radius 3 is 2.54 bits per heavy atom. The molecule has 1 aromatic carbocycles. The zero-order valence-electron chi connectivity index (χ0n) is 14.8. The molecule has 2 bridgehead atoms. The molecule has 2 unspecified atom stereocenters. The lowest BCUT2D eigenvalue weighted by molar-refractivity contribution is -0.164. The van der Waals surface area contributed by atoms with Gasteiger partial charge in [-0.15, -0.1) is 0 Å². The number of hydrogen-bond acceptors (Lipinski definition) is 4. The van der Waals surface area contributed by atoms with E-state index in [1.54, 1.807) is 14.2 Å². The first-order chi connectivity index (χ1) is 11.7. The molecule has 1 heterocycles. The molecule has 2 aliphatic rings. The molecular weight excluding hydrogens is 306 g/mol. The predicted molar refractivity (Wildman–Crippen MR) is 91.1 cm³/mol. The molecule has 24 heavy (non-hydrogen) atoms. The largest absolute Gasteiger partial charge is 0.497 e. The van der Waals surface area contributed by atoms with Crippen LogP contribution in [0, 0.1) is 11.8 Å². The van der Waals surface area contributed by atoms with Gasteiger partial charge in [0.25, 0.3) is 0 Å². The average Bonchev–Trinajstić information content (AvgIpc) is 2.60. The second kappa shape index (κ2) is 7.01. The Balaban J connectivity index is 1.94. The zero-order valence-corrected chi connectivity index (χ0v) is 14.8. The van der Waals surface area contributed by atoms with Crippen LogP contribution in [0.25, 0.3) is 0 Å². The van der Waals surface area contributed by atoms with Crippen LogP contribution in [0.1, 0.15) is 31.7 Å². The summed E-state index contributed by atoms with van der Waals surface area (Å²) >= 11 is 0. The van der Waals surface area contributed by atoms with Crippen molar-refractivity contribution in [3.8, 4) is 5.75 Å². The number of carbonyl (C=O) groups excluding carboxylic acids is 1. The minimum atomic E-state index is -0.351. The van der Waals surface area contributed by atoms with Gasteiger partial charge in [0.15, 0.2) is 0 Å². The van der Waals surface area contributed by atoms with Crippen LogP contribution in [0.5, 0.6) is 5.75 Å². The lowest BCUT2D eigenvalue weighted by Crippen LogP contribution is -2.60. The van der Waals surface area contributed by atoms with Crippen molar-refractivity contribution in [2.75, 3.05) is 33.9 Å². The van der Waals surface area contributed by atoms with E-state index in [-0.39, 0.29) is 23.5 Å². The van der Waals surface area contributed by atoms with Crippen LogP contribution in [0.15, 0.2) is 24.3 Å². The third kappa shape index (κ3) is 2.75. The van der Waals surface area contributed by atoms with Gasteiger partial charge in [0.05, 0.1) is 13.7 Å². The van der Waals surface area contributed by atoms with E-state index in [2.05, 4.69) is 12.1 Å². The molecule has 0 radical (unpaired) electrons. The Labute approximate surface area is 143 Å². The summed E-state index contributed by atoms with van der Waals surface area (Å²) in [6.45, 7) is 3.62. The number of carbonyl (C=O) groups is 1. The number of nitrogens with zero attached hydrogens (tertiary/aromatic N) is 1. The summed E-state index contributed by atoms with van der Waals surface area (Å²) in [5, 5.41) is 0. The Kier molecular flexibility index (Phi) is 4.99. The van der Waals surface area contributed by atoms with Gasteiger partial charge >= 0.3 is 6.09 Å².